The third-order valence-electron chi connectivity index (χ3n) is 3.95. The van der Waals surface area contributed by atoms with E-state index in [1.165, 1.54) is 11.3 Å². The van der Waals surface area contributed by atoms with Crippen LogP contribution in [0.25, 0.3) is 0 Å². The van der Waals surface area contributed by atoms with E-state index in [4.69, 9.17) is 11.6 Å². The van der Waals surface area contributed by atoms with Crippen molar-refractivity contribution in [3.8, 4) is 0 Å². The lowest BCUT2D eigenvalue weighted by atomic mass is 10.2. The first-order valence-electron chi connectivity index (χ1n) is 8.42. The number of carbonyl (C=O) groups is 1. The zero-order valence-electron chi connectivity index (χ0n) is 14.9. The third kappa shape index (κ3) is 4.31. The Kier molecular flexibility index (Phi) is 5.73. The van der Waals surface area contributed by atoms with Gasteiger partial charge < -0.3 is 5.32 Å². The van der Waals surface area contributed by atoms with Crippen LogP contribution in [0.15, 0.2) is 24.7 Å². The number of carbonyl (C=O) groups excluding carboxylic acids is 1. The molecule has 3 rings (SSSR count). The summed E-state index contributed by atoms with van der Waals surface area (Å²) in [4.78, 5) is 17.7. The van der Waals surface area contributed by atoms with Gasteiger partial charge in [-0.15, -0.1) is 11.3 Å². The molecule has 0 bridgehead atoms. The molecule has 0 fully saturated rings. The number of thiazole rings is 1. The molecule has 3 aromatic heterocycles. The van der Waals surface area contributed by atoms with Crippen LogP contribution in [0.4, 0.5) is 0 Å². The highest BCUT2D eigenvalue weighted by Gasteiger charge is 2.19. The van der Waals surface area contributed by atoms with Gasteiger partial charge in [-0.1, -0.05) is 18.5 Å². The SMILES string of the molecule is CCn1ccc(CNC(=O)c2sc([C@H](C)Cn3cc(Cl)cn3)nc2C)n1. The van der Waals surface area contributed by atoms with Crippen LogP contribution in [0, 0.1) is 6.92 Å². The second-order valence-corrected chi connectivity index (χ2v) is 7.56. The molecule has 0 saturated carbocycles. The van der Waals surface area contributed by atoms with Gasteiger partial charge in [0.2, 0.25) is 0 Å². The summed E-state index contributed by atoms with van der Waals surface area (Å²) in [6.45, 7) is 7.82. The molecule has 0 aliphatic carbocycles. The Morgan fingerprint density at radius 1 is 1.42 bits per heavy atom. The molecule has 0 saturated heterocycles. The van der Waals surface area contributed by atoms with Crippen LogP contribution in [0.3, 0.4) is 0 Å². The van der Waals surface area contributed by atoms with Crippen LogP contribution in [0.2, 0.25) is 5.02 Å². The molecular formula is C17H21ClN6OS. The number of aromatic nitrogens is 5. The molecule has 7 nitrogen and oxygen atoms in total. The average molecular weight is 393 g/mol. The van der Waals surface area contributed by atoms with Gasteiger partial charge in [0.25, 0.3) is 5.91 Å². The van der Waals surface area contributed by atoms with Crippen LogP contribution in [-0.2, 0) is 19.6 Å². The van der Waals surface area contributed by atoms with Gasteiger partial charge in [0.15, 0.2) is 0 Å². The van der Waals surface area contributed by atoms with Gasteiger partial charge in [-0.25, -0.2) is 4.98 Å². The number of hydrogen-bond acceptors (Lipinski definition) is 5. The summed E-state index contributed by atoms with van der Waals surface area (Å²) in [5.74, 6) is 0.0168. The predicted octanol–water partition coefficient (Wildman–Crippen LogP) is 3.25. The van der Waals surface area contributed by atoms with Crippen LogP contribution >= 0.6 is 22.9 Å². The van der Waals surface area contributed by atoms with Crippen molar-refractivity contribution in [1.29, 1.82) is 0 Å². The maximum absolute atomic E-state index is 12.5. The van der Waals surface area contributed by atoms with Gasteiger partial charge in [0.05, 0.1) is 34.2 Å². The van der Waals surface area contributed by atoms with Crippen molar-refractivity contribution in [1.82, 2.24) is 29.9 Å². The second kappa shape index (κ2) is 8.01. The van der Waals surface area contributed by atoms with Crippen LogP contribution in [0.1, 0.15) is 45.8 Å². The van der Waals surface area contributed by atoms with Gasteiger partial charge in [0.1, 0.15) is 4.88 Å². The van der Waals surface area contributed by atoms with E-state index in [1.807, 2.05) is 30.8 Å². The first-order valence-corrected chi connectivity index (χ1v) is 9.61. The highest BCUT2D eigenvalue weighted by atomic mass is 35.5. The zero-order chi connectivity index (χ0) is 18.7. The quantitative estimate of drug-likeness (QED) is 0.669. The van der Waals surface area contributed by atoms with Crippen molar-refractivity contribution < 1.29 is 4.79 Å². The van der Waals surface area contributed by atoms with Gasteiger partial charge >= 0.3 is 0 Å². The predicted molar refractivity (Wildman–Crippen MR) is 102 cm³/mol. The fourth-order valence-electron chi connectivity index (χ4n) is 2.56. The lowest BCUT2D eigenvalue weighted by Crippen LogP contribution is -2.23. The van der Waals surface area contributed by atoms with E-state index in [2.05, 4.69) is 27.4 Å². The van der Waals surface area contributed by atoms with E-state index in [1.54, 1.807) is 17.1 Å². The molecule has 26 heavy (non-hydrogen) atoms. The van der Waals surface area contributed by atoms with E-state index in [9.17, 15) is 4.79 Å². The van der Waals surface area contributed by atoms with E-state index < -0.39 is 0 Å². The largest absolute Gasteiger partial charge is 0.346 e. The number of aryl methyl sites for hydroxylation is 2. The molecule has 0 aromatic carbocycles. The molecular weight excluding hydrogens is 372 g/mol. The highest BCUT2D eigenvalue weighted by molar-refractivity contribution is 7.13. The fourth-order valence-corrected chi connectivity index (χ4v) is 3.74. The Balaban J connectivity index is 1.63. The van der Waals surface area contributed by atoms with Crippen molar-refractivity contribution in [3.63, 3.8) is 0 Å². The van der Waals surface area contributed by atoms with Crippen LogP contribution in [0.5, 0.6) is 0 Å². The normalized spacial score (nSPS) is 12.3. The first-order chi connectivity index (χ1) is 12.5. The standard InChI is InChI=1S/C17H21ClN6OS/c1-4-23-6-5-14(22-23)8-19-16(25)15-12(3)21-17(26-15)11(2)9-24-10-13(18)7-20-24/h5-7,10-11H,4,8-9H2,1-3H3,(H,19,25)/t11-/m1/s1. The van der Waals surface area contributed by atoms with E-state index >= 15 is 0 Å². The summed E-state index contributed by atoms with van der Waals surface area (Å²) in [6.07, 6.45) is 5.29. The number of amides is 1. The summed E-state index contributed by atoms with van der Waals surface area (Å²) in [5, 5.41) is 13.0. The molecule has 138 valence electrons. The Morgan fingerprint density at radius 2 is 2.23 bits per heavy atom. The molecule has 3 aromatic rings. The average Bonchev–Trinajstić information content (AvgIpc) is 3.32. The first kappa shape index (κ1) is 18.6. The Morgan fingerprint density at radius 3 is 2.88 bits per heavy atom. The molecule has 0 aliphatic rings. The van der Waals surface area contributed by atoms with Gasteiger partial charge in [-0.05, 0) is 19.9 Å². The second-order valence-electron chi connectivity index (χ2n) is 6.09. The number of halogens is 1. The molecule has 3 heterocycles. The van der Waals surface area contributed by atoms with Crippen molar-refractivity contribution in [2.24, 2.45) is 0 Å². The maximum atomic E-state index is 12.5. The lowest BCUT2D eigenvalue weighted by molar-refractivity contribution is 0.0953. The number of rotatable bonds is 7. The minimum atomic E-state index is -0.119. The molecule has 0 spiro atoms. The molecule has 0 aliphatic heterocycles. The number of hydrogen-bond donors (Lipinski definition) is 1. The summed E-state index contributed by atoms with van der Waals surface area (Å²) in [7, 11) is 0. The minimum absolute atomic E-state index is 0.119. The molecule has 1 N–H and O–H groups in total. The van der Waals surface area contributed by atoms with Crippen LogP contribution in [-0.4, -0.2) is 30.5 Å². The summed E-state index contributed by atoms with van der Waals surface area (Å²) in [5.41, 5.74) is 1.58. The summed E-state index contributed by atoms with van der Waals surface area (Å²) in [6, 6.07) is 1.91. The van der Waals surface area contributed by atoms with Crippen molar-refractivity contribution >= 4 is 28.8 Å². The van der Waals surface area contributed by atoms with Gasteiger partial charge in [0, 0.05) is 31.4 Å². The summed E-state index contributed by atoms with van der Waals surface area (Å²) < 4.78 is 3.62. The van der Waals surface area contributed by atoms with Crippen LogP contribution < -0.4 is 5.32 Å². The fraction of sp³-hybridized carbons (Fsp3) is 0.412. The lowest BCUT2D eigenvalue weighted by Gasteiger charge is -2.07. The molecule has 1 atom stereocenters. The molecule has 0 radical (unpaired) electrons. The Labute approximate surface area is 161 Å². The Bertz CT molecular complexity index is 899. The third-order valence-corrected chi connectivity index (χ3v) is 5.54. The molecule has 1 amide bonds. The van der Waals surface area contributed by atoms with Gasteiger partial charge in [-0.3, -0.25) is 14.2 Å². The van der Waals surface area contributed by atoms with E-state index in [0.717, 1.165) is 22.9 Å². The van der Waals surface area contributed by atoms with E-state index in [0.29, 0.717) is 23.0 Å². The van der Waals surface area contributed by atoms with E-state index in [-0.39, 0.29) is 11.8 Å². The highest BCUT2D eigenvalue weighted by Crippen LogP contribution is 2.26. The Hall–Kier alpha value is -2.19. The minimum Gasteiger partial charge on any atom is -0.346 e. The summed E-state index contributed by atoms with van der Waals surface area (Å²) >= 11 is 7.32. The molecule has 9 heteroatoms. The van der Waals surface area contributed by atoms with Crippen molar-refractivity contribution in [2.45, 2.75) is 46.3 Å². The van der Waals surface area contributed by atoms with Crippen molar-refractivity contribution in [3.05, 3.63) is 51.0 Å². The smallest absolute Gasteiger partial charge is 0.263 e. The topological polar surface area (TPSA) is 77.6 Å². The van der Waals surface area contributed by atoms with Gasteiger partial charge in [-0.2, -0.15) is 10.2 Å². The zero-order valence-corrected chi connectivity index (χ0v) is 16.5. The monoisotopic (exact) mass is 392 g/mol. The number of nitrogens with zero attached hydrogens (tertiary/aromatic N) is 5. The van der Waals surface area contributed by atoms with Crippen molar-refractivity contribution in [2.75, 3.05) is 0 Å². The number of nitrogens with one attached hydrogen (secondary N) is 1. The maximum Gasteiger partial charge on any atom is 0.263 e. The molecule has 0 unspecified atom stereocenters.